The smallest absolute Gasteiger partial charge is 0.227 e. The highest BCUT2D eigenvalue weighted by atomic mass is 16.5. The van der Waals surface area contributed by atoms with Crippen LogP contribution in [0.15, 0.2) is 30.6 Å². The van der Waals surface area contributed by atoms with Crippen LogP contribution in [0.25, 0.3) is 0 Å². The lowest BCUT2D eigenvalue weighted by Crippen LogP contribution is -2.30. The maximum atomic E-state index is 5.74. The molecule has 2 fully saturated rings. The van der Waals surface area contributed by atoms with Gasteiger partial charge in [0.1, 0.15) is 5.82 Å². The van der Waals surface area contributed by atoms with Gasteiger partial charge < -0.3 is 15.0 Å². The maximum Gasteiger partial charge on any atom is 0.227 e. The van der Waals surface area contributed by atoms with E-state index in [0.717, 1.165) is 50.2 Å². The van der Waals surface area contributed by atoms with Crippen LogP contribution in [0.4, 0.5) is 11.8 Å². The summed E-state index contributed by atoms with van der Waals surface area (Å²) in [5.74, 6) is 2.20. The van der Waals surface area contributed by atoms with Gasteiger partial charge in [0.2, 0.25) is 5.95 Å². The number of ether oxygens (including phenoxy) is 1. The highest BCUT2D eigenvalue weighted by Crippen LogP contribution is 2.24. The standard InChI is InChI=1S/C19H25N5O/c1-14-10-18(23-19(21-14)24-8-2-3-9-24)22-17-13-25-12-16(17)11-15-4-6-20-7-5-15/h4-7,10,16-17H,2-3,8-9,11-13H2,1H3,(H,21,22,23)/t16-,17+/m1/s1. The Hall–Kier alpha value is -2.21. The first kappa shape index (κ1) is 16.3. The molecule has 2 aliphatic rings. The molecule has 1 N–H and O–H groups in total. The summed E-state index contributed by atoms with van der Waals surface area (Å²) < 4.78 is 5.74. The Kier molecular flexibility index (Phi) is 4.78. The Morgan fingerprint density at radius 1 is 1.16 bits per heavy atom. The number of nitrogens with zero attached hydrogens (tertiary/aromatic N) is 4. The molecule has 0 bridgehead atoms. The largest absolute Gasteiger partial charge is 0.379 e. The molecule has 0 unspecified atom stereocenters. The zero-order valence-electron chi connectivity index (χ0n) is 14.7. The van der Waals surface area contributed by atoms with Crippen LogP contribution in [0.1, 0.15) is 24.1 Å². The topological polar surface area (TPSA) is 63.2 Å². The van der Waals surface area contributed by atoms with Crippen molar-refractivity contribution < 1.29 is 4.74 Å². The van der Waals surface area contributed by atoms with Crippen molar-refractivity contribution in [3.8, 4) is 0 Å². The summed E-state index contributed by atoms with van der Waals surface area (Å²) >= 11 is 0. The summed E-state index contributed by atoms with van der Waals surface area (Å²) in [6.07, 6.45) is 7.14. The molecule has 2 aliphatic heterocycles. The molecule has 0 aliphatic carbocycles. The van der Waals surface area contributed by atoms with Gasteiger partial charge in [-0.15, -0.1) is 0 Å². The minimum atomic E-state index is 0.272. The predicted octanol–water partition coefficient (Wildman–Crippen LogP) is 2.45. The number of nitrogens with one attached hydrogen (secondary N) is 1. The third-order valence-corrected chi connectivity index (χ3v) is 5.01. The zero-order chi connectivity index (χ0) is 17.1. The number of hydrogen-bond acceptors (Lipinski definition) is 6. The number of pyridine rings is 1. The van der Waals surface area contributed by atoms with Crippen LogP contribution in [0.2, 0.25) is 0 Å². The van der Waals surface area contributed by atoms with E-state index in [4.69, 9.17) is 9.72 Å². The predicted molar refractivity (Wildman–Crippen MR) is 97.9 cm³/mol. The van der Waals surface area contributed by atoms with Gasteiger partial charge in [-0.25, -0.2) is 4.98 Å². The highest BCUT2D eigenvalue weighted by Gasteiger charge is 2.29. The minimum absolute atomic E-state index is 0.272. The Morgan fingerprint density at radius 2 is 1.96 bits per heavy atom. The zero-order valence-corrected chi connectivity index (χ0v) is 14.7. The van der Waals surface area contributed by atoms with Crippen LogP contribution in [-0.4, -0.2) is 47.3 Å². The lowest BCUT2D eigenvalue weighted by atomic mass is 9.95. The van der Waals surface area contributed by atoms with Gasteiger partial charge in [0.05, 0.1) is 19.3 Å². The molecule has 6 nitrogen and oxygen atoms in total. The van der Waals surface area contributed by atoms with Gasteiger partial charge in [-0.3, -0.25) is 4.98 Å². The van der Waals surface area contributed by atoms with Gasteiger partial charge >= 0.3 is 0 Å². The molecule has 0 spiro atoms. The summed E-state index contributed by atoms with van der Waals surface area (Å²) in [6, 6.07) is 6.46. The Bertz CT molecular complexity index is 702. The first-order valence-electron chi connectivity index (χ1n) is 9.12. The Morgan fingerprint density at radius 3 is 2.76 bits per heavy atom. The van der Waals surface area contributed by atoms with E-state index in [9.17, 15) is 0 Å². The third-order valence-electron chi connectivity index (χ3n) is 5.01. The second-order valence-electron chi connectivity index (χ2n) is 7.00. The van der Waals surface area contributed by atoms with E-state index < -0.39 is 0 Å². The Labute approximate surface area is 148 Å². The fourth-order valence-electron chi connectivity index (χ4n) is 3.66. The van der Waals surface area contributed by atoms with Crippen LogP contribution in [0.3, 0.4) is 0 Å². The lowest BCUT2D eigenvalue weighted by Gasteiger charge is -2.21. The van der Waals surface area contributed by atoms with Gasteiger partial charge in [0.15, 0.2) is 0 Å². The molecular formula is C19H25N5O. The molecule has 2 aromatic heterocycles. The number of rotatable bonds is 5. The fourth-order valence-corrected chi connectivity index (χ4v) is 3.66. The normalized spacial score (nSPS) is 23.2. The van der Waals surface area contributed by atoms with Crippen molar-refractivity contribution in [3.63, 3.8) is 0 Å². The van der Waals surface area contributed by atoms with E-state index in [-0.39, 0.29) is 6.04 Å². The molecule has 0 aromatic carbocycles. The van der Waals surface area contributed by atoms with Crippen LogP contribution in [0.5, 0.6) is 0 Å². The van der Waals surface area contributed by atoms with Crippen LogP contribution in [0, 0.1) is 12.8 Å². The molecule has 2 saturated heterocycles. The quantitative estimate of drug-likeness (QED) is 0.903. The summed E-state index contributed by atoms with van der Waals surface area (Å²) in [4.78, 5) is 15.7. The molecule has 6 heteroatoms. The molecule has 4 heterocycles. The summed E-state index contributed by atoms with van der Waals surface area (Å²) in [7, 11) is 0. The van der Waals surface area contributed by atoms with Gasteiger partial charge in [-0.2, -0.15) is 4.98 Å². The number of anilines is 2. The molecule has 0 saturated carbocycles. The van der Waals surface area contributed by atoms with E-state index in [2.05, 4.69) is 32.3 Å². The van der Waals surface area contributed by atoms with Crippen molar-refractivity contribution in [2.45, 2.75) is 32.2 Å². The molecule has 2 atom stereocenters. The second-order valence-corrected chi connectivity index (χ2v) is 7.00. The first-order chi connectivity index (χ1) is 12.3. The first-order valence-corrected chi connectivity index (χ1v) is 9.12. The Balaban J connectivity index is 1.47. The average molecular weight is 339 g/mol. The lowest BCUT2D eigenvalue weighted by molar-refractivity contribution is 0.185. The van der Waals surface area contributed by atoms with Crippen molar-refractivity contribution in [1.82, 2.24) is 15.0 Å². The molecule has 0 amide bonds. The third kappa shape index (κ3) is 3.90. The van der Waals surface area contributed by atoms with Gasteiger partial charge in [-0.1, -0.05) is 0 Å². The van der Waals surface area contributed by atoms with E-state index >= 15 is 0 Å². The summed E-state index contributed by atoms with van der Waals surface area (Å²) in [5.41, 5.74) is 2.30. The highest BCUT2D eigenvalue weighted by molar-refractivity contribution is 5.45. The molecule has 0 radical (unpaired) electrons. The molecule has 132 valence electrons. The van der Waals surface area contributed by atoms with Crippen molar-refractivity contribution in [2.24, 2.45) is 5.92 Å². The van der Waals surface area contributed by atoms with Crippen molar-refractivity contribution in [1.29, 1.82) is 0 Å². The van der Waals surface area contributed by atoms with Gasteiger partial charge in [-0.05, 0) is 43.9 Å². The molecule has 2 aromatic rings. The van der Waals surface area contributed by atoms with E-state index in [0.29, 0.717) is 5.92 Å². The number of hydrogen-bond donors (Lipinski definition) is 1. The van der Waals surface area contributed by atoms with Crippen molar-refractivity contribution in [3.05, 3.63) is 41.9 Å². The van der Waals surface area contributed by atoms with Gasteiger partial charge in [0, 0.05) is 43.2 Å². The van der Waals surface area contributed by atoms with E-state index in [1.165, 1.54) is 18.4 Å². The molecule has 4 rings (SSSR count). The fraction of sp³-hybridized carbons (Fsp3) is 0.526. The van der Waals surface area contributed by atoms with E-state index in [1.807, 2.05) is 25.4 Å². The minimum Gasteiger partial charge on any atom is -0.379 e. The van der Waals surface area contributed by atoms with Crippen LogP contribution < -0.4 is 10.2 Å². The number of aryl methyl sites for hydroxylation is 1. The summed E-state index contributed by atoms with van der Waals surface area (Å²) in [5, 5.41) is 3.60. The van der Waals surface area contributed by atoms with Crippen molar-refractivity contribution >= 4 is 11.8 Å². The van der Waals surface area contributed by atoms with E-state index in [1.54, 1.807) is 0 Å². The second kappa shape index (κ2) is 7.35. The molecular weight excluding hydrogens is 314 g/mol. The SMILES string of the molecule is Cc1cc(N[C@H]2COC[C@H]2Cc2ccncc2)nc(N2CCCC2)n1. The van der Waals surface area contributed by atoms with Crippen LogP contribution in [-0.2, 0) is 11.2 Å². The van der Waals surface area contributed by atoms with Gasteiger partial charge in [0.25, 0.3) is 0 Å². The van der Waals surface area contributed by atoms with Crippen molar-refractivity contribution in [2.75, 3.05) is 36.5 Å². The number of aromatic nitrogens is 3. The average Bonchev–Trinajstić information content (AvgIpc) is 3.28. The molecule has 25 heavy (non-hydrogen) atoms. The maximum absolute atomic E-state index is 5.74. The summed E-state index contributed by atoms with van der Waals surface area (Å²) in [6.45, 7) is 5.65. The van der Waals surface area contributed by atoms with Crippen LogP contribution >= 0.6 is 0 Å². The monoisotopic (exact) mass is 339 g/mol.